The second-order valence-corrected chi connectivity index (χ2v) is 7.76. The predicted molar refractivity (Wildman–Crippen MR) is 126 cm³/mol. The molecule has 6 rings (SSSR count). The summed E-state index contributed by atoms with van der Waals surface area (Å²) in [4.78, 5) is 20.9. The number of aromatic nitrogens is 6. The van der Waals surface area contributed by atoms with Crippen LogP contribution in [0.4, 0.5) is 5.95 Å². The number of hydrogen-bond acceptors (Lipinski definition) is 7. The van der Waals surface area contributed by atoms with E-state index in [9.17, 15) is 0 Å². The fraction of sp³-hybridized carbons (Fsp3) is 0.160. The van der Waals surface area contributed by atoms with Gasteiger partial charge < -0.3 is 9.64 Å². The molecule has 0 aliphatic carbocycles. The van der Waals surface area contributed by atoms with Gasteiger partial charge in [-0.15, -0.1) is 0 Å². The van der Waals surface area contributed by atoms with Crippen molar-refractivity contribution in [3.8, 4) is 34.0 Å². The van der Waals surface area contributed by atoms with E-state index in [1.54, 1.807) is 12.4 Å². The summed E-state index contributed by atoms with van der Waals surface area (Å²) in [5, 5.41) is 4.82. The number of rotatable bonds is 4. The van der Waals surface area contributed by atoms with Gasteiger partial charge in [0.05, 0.1) is 24.6 Å². The quantitative estimate of drug-likeness (QED) is 0.425. The summed E-state index contributed by atoms with van der Waals surface area (Å²) in [6.07, 6.45) is 3.52. The number of benzene rings is 1. The maximum atomic E-state index is 5.55. The molecule has 0 saturated carbocycles. The van der Waals surface area contributed by atoms with Crippen molar-refractivity contribution in [2.45, 2.75) is 0 Å². The van der Waals surface area contributed by atoms with Crippen molar-refractivity contribution in [3.05, 3.63) is 79.1 Å². The van der Waals surface area contributed by atoms with Crippen molar-refractivity contribution >= 4 is 11.6 Å². The third-order valence-corrected chi connectivity index (χ3v) is 5.62. The SMILES string of the molecule is c1ccc(-c2cccc(-c3nc(N4CCOCC4)n4nc(-c5ccncc5)cc4n3)n2)cc1. The van der Waals surface area contributed by atoms with E-state index < -0.39 is 0 Å². The zero-order chi connectivity index (χ0) is 22.0. The van der Waals surface area contributed by atoms with Gasteiger partial charge in [0, 0.05) is 42.7 Å². The lowest BCUT2D eigenvalue weighted by Crippen LogP contribution is -2.38. The predicted octanol–water partition coefficient (Wildman–Crippen LogP) is 3.75. The number of nitrogens with zero attached hydrogens (tertiary/aromatic N) is 7. The Kier molecular flexibility index (Phi) is 4.97. The molecule has 0 unspecified atom stereocenters. The number of fused-ring (bicyclic) bond motifs is 1. The number of pyridine rings is 2. The zero-order valence-corrected chi connectivity index (χ0v) is 17.9. The first kappa shape index (κ1) is 19.5. The molecule has 8 nitrogen and oxygen atoms in total. The van der Waals surface area contributed by atoms with Crippen LogP contribution in [0.25, 0.3) is 39.7 Å². The molecule has 0 bridgehead atoms. The Bertz CT molecular complexity index is 1400. The monoisotopic (exact) mass is 435 g/mol. The average molecular weight is 435 g/mol. The minimum Gasteiger partial charge on any atom is -0.378 e. The van der Waals surface area contributed by atoms with Crippen molar-refractivity contribution in [3.63, 3.8) is 0 Å². The molecule has 8 heteroatoms. The molecule has 5 aromatic rings. The van der Waals surface area contributed by atoms with Crippen LogP contribution in [0.15, 0.2) is 79.1 Å². The summed E-state index contributed by atoms with van der Waals surface area (Å²) in [5.74, 6) is 1.31. The lowest BCUT2D eigenvalue weighted by molar-refractivity contribution is 0.122. The van der Waals surface area contributed by atoms with Gasteiger partial charge in [-0.1, -0.05) is 36.4 Å². The van der Waals surface area contributed by atoms with Crippen molar-refractivity contribution in [2.24, 2.45) is 0 Å². The molecule has 4 aromatic heterocycles. The van der Waals surface area contributed by atoms with Crippen LogP contribution >= 0.6 is 0 Å². The topological polar surface area (TPSA) is 81.3 Å². The van der Waals surface area contributed by atoms with Crippen LogP contribution in [-0.2, 0) is 4.74 Å². The Morgan fingerprint density at radius 3 is 2.27 bits per heavy atom. The van der Waals surface area contributed by atoms with E-state index in [0.29, 0.717) is 19.0 Å². The molecule has 5 heterocycles. The highest BCUT2D eigenvalue weighted by Gasteiger charge is 2.21. The van der Waals surface area contributed by atoms with Crippen molar-refractivity contribution in [1.82, 2.24) is 29.5 Å². The van der Waals surface area contributed by atoms with E-state index in [4.69, 9.17) is 24.8 Å². The molecule has 0 spiro atoms. The summed E-state index contributed by atoms with van der Waals surface area (Å²) in [7, 11) is 0. The van der Waals surface area contributed by atoms with E-state index in [1.807, 2.05) is 71.2 Å². The molecular formula is C25H21N7O. The van der Waals surface area contributed by atoms with Crippen LogP contribution in [0.2, 0.25) is 0 Å². The lowest BCUT2D eigenvalue weighted by Gasteiger charge is -2.27. The number of morpholine rings is 1. The Hall–Kier alpha value is -4.17. The molecule has 0 radical (unpaired) electrons. The van der Waals surface area contributed by atoms with Crippen LogP contribution in [-0.4, -0.2) is 55.9 Å². The number of ether oxygens (including phenoxy) is 1. The largest absolute Gasteiger partial charge is 0.378 e. The second-order valence-electron chi connectivity index (χ2n) is 7.76. The Balaban J connectivity index is 1.50. The standard InChI is InChI=1S/C25H21N7O/c1-2-5-18(6-3-1)20-7-4-8-21(27-20)24-28-23-17-22(19-9-11-26-12-10-19)30-32(23)25(29-24)31-13-15-33-16-14-31/h1-12,17H,13-16H2. The van der Waals surface area contributed by atoms with Crippen LogP contribution < -0.4 is 4.90 Å². The van der Waals surface area contributed by atoms with Gasteiger partial charge in [-0.05, 0) is 24.3 Å². The van der Waals surface area contributed by atoms with Crippen molar-refractivity contribution in [2.75, 3.05) is 31.2 Å². The van der Waals surface area contributed by atoms with Crippen LogP contribution in [0.5, 0.6) is 0 Å². The van der Waals surface area contributed by atoms with Crippen LogP contribution in [0.3, 0.4) is 0 Å². The van der Waals surface area contributed by atoms with Crippen LogP contribution in [0, 0.1) is 0 Å². The van der Waals surface area contributed by atoms with Gasteiger partial charge >= 0.3 is 0 Å². The fourth-order valence-electron chi connectivity index (χ4n) is 3.95. The Labute approximate surface area is 190 Å². The fourth-order valence-corrected chi connectivity index (χ4v) is 3.95. The first-order valence-corrected chi connectivity index (χ1v) is 10.9. The maximum Gasteiger partial charge on any atom is 0.230 e. The molecule has 0 N–H and O–H groups in total. The summed E-state index contributed by atoms with van der Waals surface area (Å²) in [6, 6.07) is 21.9. The summed E-state index contributed by atoms with van der Waals surface area (Å²) in [6.45, 7) is 2.79. The normalized spacial score (nSPS) is 14.0. The Morgan fingerprint density at radius 1 is 0.697 bits per heavy atom. The van der Waals surface area contributed by atoms with E-state index in [-0.39, 0.29) is 0 Å². The molecule has 1 aliphatic rings. The van der Waals surface area contributed by atoms with Crippen molar-refractivity contribution < 1.29 is 4.74 Å². The molecule has 0 amide bonds. The third kappa shape index (κ3) is 3.81. The highest BCUT2D eigenvalue weighted by Crippen LogP contribution is 2.26. The molecule has 1 aromatic carbocycles. The van der Waals surface area contributed by atoms with E-state index >= 15 is 0 Å². The minimum atomic E-state index is 0.572. The zero-order valence-electron chi connectivity index (χ0n) is 17.9. The summed E-state index contributed by atoms with van der Waals surface area (Å²) >= 11 is 0. The molecule has 1 aliphatic heterocycles. The van der Waals surface area contributed by atoms with E-state index in [0.717, 1.165) is 52.9 Å². The van der Waals surface area contributed by atoms with Crippen molar-refractivity contribution in [1.29, 1.82) is 0 Å². The van der Waals surface area contributed by atoms with E-state index in [2.05, 4.69) is 9.88 Å². The van der Waals surface area contributed by atoms with Gasteiger partial charge in [-0.25, -0.2) is 9.97 Å². The smallest absolute Gasteiger partial charge is 0.230 e. The highest BCUT2D eigenvalue weighted by atomic mass is 16.5. The molecule has 33 heavy (non-hydrogen) atoms. The van der Waals surface area contributed by atoms with Gasteiger partial charge in [-0.3, -0.25) is 4.98 Å². The van der Waals surface area contributed by atoms with E-state index in [1.165, 1.54) is 0 Å². The third-order valence-electron chi connectivity index (χ3n) is 5.62. The molecular weight excluding hydrogens is 414 g/mol. The molecule has 162 valence electrons. The van der Waals surface area contributed by atoms with Gasteiger partial charge in [0.2, 0.25) is 5.95 Å². The van der Waals surface area contributed by atoms with Gasteiger partial charge in [0.1, 0.15) is 5.69 Å². The first-order chi connectivity index (χ1) is 16.3. The molecule has 1 fully saturated rings. The van der Waals surface area contributed by atoms with Gasteiger partial charge in [0.15, 0.2) is 11.5 Å². The molecule has 0 atom stereocenters. The number of anilines is 1. The minimum absolute atomic E-state index is 0.572. The molecule has 1 saturated heterocycles. The lowest BCUT2D eigenvalue weighted by atomic mass is 10.1. The summed E-state index contributed by atoms with van der Waals surface area (Å²) < 4.78 is 7.36. The maximum absolute atomic E-state index is 5.55. The number of hydrogen-bond donors (Lipinski definition) is 0. The second kappa shape index (κ2) is 8.40. The average Bonchev–Trinajstić information content (AvgIpc) is 3.34. The highest BCUT2D eigenvalue weighted by molar-refractivity contribution is 5.68. The van der Waals surface area contributed by atoms with Crippen LogP contribution in [0.1, 0.15) is 0 Å². The summed E-state index contributed by atoms with van der Waals surface area (Å²) in [5.41, 5.74) is 5.19. The first-order valence-electron chi connectivity index (χ1n) is 10.9. The van der Waals surface area contributed by atoms with Gasteiger partial charge in [-0.2, -0.15) is 14.6 Å². The Morgan fingerprint density at radius 2 is 1.45 bits per heavy atom. The van der Waals surface area contributed by atoms with Gasteiger partial charge in [0.25, 0.3) is 0 Å².